The summed E-state index contributed by atoms with van der Waals surface area (Å²) < 4.78 is 4.79. The normalized spacial score (nSPS) is 13.4. The van der Waals surface area contributed by atoms with Gasteiger partial charge in [0.2, 0.25) is 0 Å². The van der Waals surface area contributed by atoms with Crippen LogP contribution >= 0.6 is 23.2 Å². The number of esters is 1. The molecule has 2 N–H and O–H groups in total. The molecule has 1 saturated carbocycles. The van der Waals surface area contributed by atoms with E-state index in [1.165, 1.54) is 0 Å². The van der Waals surface area contributed by atoms with Gasteiger partial charge in [0, 0.05) is 21.7 Å². The Morgan fingerprint density at radius 1 is 1.18 bits per heavy atom. The van der Waals surface area contributed by atoms with E-state index in [2.05, 4.69) is 10.6 Å². The Morgan fingerprint density at radius 2 is 1.82 bits per heavy atom. The van der Waals surface area contributed by atoms with Gasteiger partial charge in [-0.05, 0) is 25.0 Å². The highest BCUT2D eigenvalue weighted by molar-refractivity contribution is 6.36. The third-order valence-corrected chi connectivity index (χ3v) is 3.62. The fourth-order valence-electron chi connectivity index (χ4n) is 1.65. The maximum Gasteiger partial charge on any atom is 0.321 e. The second-order valence-electron chi connectivity index (χ2n) is 4.83. The van der Waals surface area contributed by atoms with E-state index in [0.29, 0.717) is 15.6 Å². The van der Waals surface area contributed by atoms with E-state index in [9.17, 15) is 14.4 Å². The quantitative estimate of drug-likeness (QED) is 0.800. The zero-order chi connectivity index (χ0) is 16.1. The molecule has 8 heteroatoms. The minimum absolute atomic E-state index is 0.137. The summed E-state index contributed by atoms with van der Waals surface area (Å²) >= 11 is 11.9. The van der Waals surface area contributed by atoms with Crippen molar-refractivity contribution in [2.24, 2.45) is 0 Å². The first-order chi connectivity index (χ1) is 10.5. The van der Waals surface area contributed by atoms with Crippen molar-refractivity contribution in [2.45, 2.75) is 25.3 Å². The van der Waals surface area contributed by atoms with Crippen LogP contribution in [0.5, 0.6) is 0 Å². The molecule has 0 radical (unpaired) electrons. The number of halogens is 2. The number of benzene rings is 1. The summed E-state index contributed by atoms with van der Waals surface area (Å²) in [5.41, 5.74) is 0.433. The lowest BCUT2D eigenvalue weighted by Crippen LogP contribution is -2.42. The first kappa shape index (κ1) is 16.6. The highest BCUT2D eigenvalue weighted by atomic mass is 35.5. The molecule has 1 aliphatic carbocycles. The SMILES string of the molecule is O=C(COC(=O)Cc1c(Cl)cccc1Cl)NC(=O)NC1CC1. The van der Waals surface area contributed by atoms with Gasteiger partial charge < -0.3 is 10.1 Å². The van der Waals surface area contributed by atoms with Crippen LogP contribution in [0.15, 0.2) is 18.2 Å². The summed E-state index contributed by atoms with van der Waals surface area (Å²) in [6.45, 7) is -0.543. The number of hydrogen-bond donors (Lipinski definition) is 2. The maximum atomic E-state index is 11.7. The number of carbonyl (C=O) groups excluding carboxylic acids is 3. The highest BCUT2D eigenvalue weighted by Gasteiger charge is 2.24. The standard InChI is InChI=1S/C14H14Cl2N2O4/c15-10-2-1-3-11(16)9(10)6-13(20)22-7-12(19)18-14(21)17-8-4-5-8/h1-3,8H,4-7H2,(H2,17,18,19,21). The van der Waals surface area contributed by atoms with Crippen molar-refractivity contribution in [3.63, 3.8) is 0 Å². The van der Waals surface area contributed by atoms with Crippen molar-refractivity contribution in [2.75, 3.05) is 6.61 Å². The fourth-order valence-corrected chi connectivity index (χ4v) is 2.19. The Labute approximate surface area is 137 Å². The van der Waals surface area contributed by atoms with Crippen molar-refractivity contribution < 1.29 is 19.1 Å². The second kappa shape index (κ2) is 7.47. The van der Waals surface area contributed by atoms with Crippen LogP contribution in [0.2, 0.25) is 10.0 Å². The Morgan fingerprint density at radius 3 is 2.41 bits per heavy atom. The van der Waals surface area contributed by atoms with Crippen LogP contribution in [0.1, 0.15) is 18.4 Å². The van der Waals surface area contributed by atoms with Crippen molar-refractivity contribution in [3.8, 4) is 0 Å². The third kappa shape index (κ3) is 5.20. The van der Waals surface area contributed by atoms with E-state index in [4.69, 9.17) is 27.9 Å². The summed E-state index contributed by atoms with van der Waals surface area (Å²) in [5, 5.41) is 5.35. The summed E-state index contributed by atoms with van der Waals surface area (Å²) in [6, 6.07) is 4.41. The van der Waals surface area contributed by atoms with Crippen LogP contribution < -0.4 is 10.6 Å². The van der Waals surface area contributed by atoms with Crippen molar-refractivity contribution in [1.82, 2.24) is 10.6 Å². The van der Waals surface area contributed by atoms with E-state index in [0.717, 1.165) is 12.8 Å². The van der Waals surface area contributed by atoms with Gasteiger partial charge in [0.15, 0.2) is 6.61 Å². The Balaban J connectivity index is 1.75. The van der Waals surface area contributed by atoms with E-state index >= 15 is 0 Å². The Hall–Kier alpha value is -1.79. The average molecular weight is 345 g/mol. The van der Waals surface area contributed by atoms with Crippen LogP contribution in [-0.4, -0.2) is 30.6 Å². The molecule has 1 fully saturated rings. The maximum absolute atomic E-state index is 11.7. The molecule has 22 heavy (non-hydrogen) atoms. The largest absolute Gasteiger partial charge is 0.455 e. The van der Waals surface area contributed by atoms with Gasteiger partial charge in [0.25, 0.3) is 5.91 Å². The molecule has 1 aromatic carbocycles. The number of carbonyl (C=O) groups is 3. The molecular weight excluding hydrogens is 331 g/mol. The van der Waals surface area contributed by atoms with Crippen LogP contribution in [0.4, 0.5) is 4.79 Å². The molecule has 0 heterocycles. The number of imide groups is 1. The highest BCUT2D eigenvalue weighted by Crippen LogP contribution is 2.24. The monoisotopic (exact) mass is 344 g/mol. The predicted molar refractivity (Wildman–Crippen MR) is 80.8 cm³/mol. The van der Waals surface area contributed by atoms with Gasteiger partial charge in [0.05, 0.1) is 6.42 Å². The topological polar surface area (TPSA) is 84.5 Å². The van der Waals surface area contributed by atoms with Crippen LogP contribution in [-0.2, 0) is 20.7 Å². The Bertz CT molecular complexity index is 582. The molecule has 0 bridgehead atoms. The lowest BCUT2D eigenvalue weighted by molar-refractivity contribution is -0.147. The number of ether oxygens (including phenoxy) is 1. The molecule has 1 aromatic rings. The smallest absolute Gasteiger partial charge is 0.321 e. The number of nitrogens with one attached hydrogen (secondary N) is 2. The van der Waals surface area contributed by atoms with Gasteiger partial charge >= 0.3 is 12.0 Å². The Kier molecular flexibility index (Phi) is 5.63. The molecule has 0 aromatic heterocycles. The first-order valence-electron chi connectivity index (χ1n) is 6.64. The van der Waals surface area contributed by atoms with Gasteiger partial charge in [-0.1, -0.05) is 29.3 Å². The summed E-state index contributed by atoms with van der Waals surface area (Å²) in [5.74, 6) is -1.36. The summed E-state index contributed by atoms with van der Waals surface area (Å²) in [6.07, 6.45) is 1.67. The van der Waals surface area contributed by atoms with Gasteiger partial charge in [-0.15, -0.1) is 0 Å². The zero-order valence-corrected chi connectivity index (χ0v) is 13.0. The van der Waals surface area contributed by atoms with Crippen LogP contribution in [0.3, 0.4) is 0 Å². The first-order valence-corrected chi connectivity index (χ1v) is 7.40. The number of rotatable bonds is 5. The van der Waals surface area contributed by atoms with Gasteiger partial charge in [-0.25, -0.2) is 4.79 Å². The van der Waals surface area contributed by atoms with Gasteiger partial charge in [0.1, 0.15) is 0 Å². The number of hydrogen-bond acceptors (Lipinski definition) is 4. The van der Waals surface area contributed by atoms with Crippen molar-refractivity contribution in [3.05, 3.63) is 33.8 Å². The van der Waals surface area contributed by atoms with Gasteiger partial charge in [-0.2, -0.15) is 0 Å². The lowest BCUT2D eigenvalue weighted by Gasteiger charge is -2.08. The summed E-state index contributed by atoms with van der Waals surface area (Å²) in [4.78, 5) is 34.4. The van der Waals surface area contributed by atoms with Crippen LogP contribution in [0, 0.1) is 0 Å². The van der Waals surface area contributed by atoms with E-state index in [1.807, 2.05) is 0 Å². The molecule has 3 amide bonds. The molecule has 118 valence electrons. The average Bonchev–Trinajstić information content (AvgIpc) is 3.24. The van der Waals surface area contributed by atoms with Gasteiger partial charge in [-0.3, -0.25) is 14.9 Å². The molecule has 0 saturated heterocycles. The van der Waals surface area contributed by atoms with Crippen molar-refractivity contribution >= 4 is 41.1 Å². The van der Waals surface area contributed by atoms with Crippen LogP contribution in [0.25, 0.3) is 0 Å². The van der Waals surface area contributed by atoms with E-state index in [-0.39, 0.29) is 12.5 Å². The molecule has 6 nitrogen and oxygen atoms in total. The van der Waals surface area contributed by atoms with E-state index < -0.39 is 24.5 Å². The molecule has 1 aliphatic rings. The minimum atomic E-state index is -0.697. The number of amides is 3. The molecule has 0 aliphatic heterocycles. The fraction of sp³-hybridized carbons (Fsp3) is 0.357. The summed E-state index contributed by atoms with van der Waals surface area (Å²) in [7, 11) is 0. The lowest BCUT2D eigenvalue weighted by atomic mass is 10.1. The minimum Gasteiger partial charge on any atom is -0.455 e. The molecular formula is C14H14Cl2N2O4. The third-order valence-electron chi connectivity index (χ3n) is 2.91. The molecule has 0 spiro atoms. The van der Waals surface area contributed by atoms with Crippen molar-refractivity contribution in [1.29, 1.82) is 0 Å². The molecule has 2 rings (SSSR count). The molecule has 0 atom stereocenters. The second-order valence-corrected chi connectivity index (χ2v) is 5.65. The zero-order valence-electron chi connectivity index (χ0n) is 11.5. The predicted octanol–water partition coefficient (Wildman–Crippen LogP) is 2.07. The molecule has 0 unspecified atom stereocenters. The number of urea groups is 1. The van der Waals surface area contributed by atoms with E-state index in [1.54, 1.807) is 18.2 Å².